The van der Waals surface area contributed by atoms with E-state index in [4.69, 9.17) is 15.6 Å². The summed E-state index contributed by atoms with van der Waals surface area (Å²) in [7, 11) is 0. The van der Waals surface area contributed by atoms with Gasteiger partial charge >= 0.3 is 5.97 Å². The molecule has 4 heteroatoms. The van der Waals surface area contributed by atoms with Gasteiger partial charge in [0, 0.05) is 5.69 Å². The predicted molar refractivity (Wildman–Crippen MR) is 102 cm³/mol. The van der Waals surface area contributed by atoms with Crippen molar-refractivity contribution in [1.29, 1.82) is 0 Å². The summed E-state index contributed by atoms with van der Waals surface area (Å²) in [6, 6.07) is 15.5. The first-order chi connectivity index (χ1) is 11.9. The average molecular weight is 339 g/mol. The number of benzene rings is 2. The third-order valence-corrected chi connectivity index (χ3v) is 4.08. The molecule has 0 atom stereocenters. The SMILES string of the molecule is CC(C)(CCCOc1ccc(/C=C/c2ccc(N)cc2)cc1)C(=O)O. The molecule has 2 aromatic carbocycles. The number of ether oxygens (including phenoxy) is 1. The first-order valence-corrected chi connectivity index (χ1v) is 8.37. The summed E-state index contributed by atoms with van der Waals surface area (Å²) in [5, 5.41) is 9.08. The number of nitrogen functional groups attached to an aromatic ring is 1. The third kappa shape index (κ3) is 5.99. The number of aliphatic carboxylic acids is 1. The van der Waals surface area contributed by atoms with Crippen molar-refractivity contribution in [1.82, 2.24) is 0 Å². The Hall–Kier alpha value is -2.75. The maximum atomic E-state index is 11.0. The Labute approximate surface area is 148 Å². The molecule has 0 fully saturated rings. The summed E-state index contributed by atoms with van der Waals surface area (Å²) >= 11 is 0. The Balaban J connectivity index is 1.81. The summed E-state index contributed by atoms with van der Waals surface area (Å²) in [6.45, 7) is 3.98. The topological polar surface area (TPSA) is 72.5 Å². The van der Waals surface area contributed by atoms with E-state index in [1.807, 2.05) is 60.7 Å². The van der Waals surface area contributed by atoms with Gasteiger partial charge in [0.05, 0.1) is 12.0 Å². The maximum Gasteiger partial charge on any atom is 0.309 e. The molecule has 0 saturated carbocycles. The fraction of sp³-hybridized carbons (Fsp3) is 0.286. The predicted octanol–water partition coefficient (Wildman–Crippen LogP) is 4.71. The van der Waals surface area contributed by atoms with Crippen LogP contribution in [0.1, 0.15) is 37.8 Å². The second-order valence-electron chi connectivity index (χ2n) is 6.71. The number of nitrogens with two attached hydrogens (primary N) is 1. The standard InChI is InChI=1S/C21H25NO3/c1-21(2,20(23)24)14-3-15-25-19-12-8-17(9-13-19)5-4-16-6-10-18(22)11-7-16/h4-13H,3,14-15,22H2,1-2H3,(H,23,24)/b5-4+. The number of rotatable bonds is 8. The third-order valence-electron chi connectivity index (χ3n) is 4.08. The van der Waals surface area contributed by atoms with E-state index in [1.165, 1.54) is 0 Å². The Kier molecular flexibility index (Phi) is 6.23. The highest BCUT2D eigenvalue weighted by Crippen LogP contribution is 2.23. The largest absolute Gasteiger partial charge is 0.494 e. The Morgan fingerprint density at radius 1 is 1.04 bits per heavy atom. The van der Waals surface area contributed by atoms with E-state index in [0.29, 0.717) is 19.4 Å². The van der Waals surface area contributed by atoms with Crippen LogP contribution in [0.4, 0.5) is 5.69 Å². The molecule has 0 bridgehead atoms. The summed E-state index contributed by atoms with van der Waals surface area (Å²) in [4.78, 5) is 11.0. The first-order valence-electron chi connectivity index (χ1n) is 8.37. The maximum absolute atomic E-state index is 11.0. The van der Waals surface area contributed by atoms with E-state index in [-0.39, 0.29) is 0 Å². The van der Waals surface area contributed by atoms with E-state index >= 15 is 0 Å². The summed E-state index contributed by atoms with van der Waals surface area (Å²) in [6.07, 6.45) is 5.36. The van der Waals surface area contributed by atoms with Crippen LogP contribution in [0.15, 0.2) is 48.5 Å². The Bertz CT molecular complexity index is 716. The molecule has 0 aromatic heterocycles. The number of hydrogen-bond donors (Lipinski definition) is 2. The molecule has 0 saturated heterocycles. The molecule has 2 rings (SSSR count). The van der Waals surface area contributed by atoms with Crippen molar-refractivity contribution in [3.8, 4) is 5.75 Å². The summed E-state index contributed by atoms with van der Waals surface area (Å²) < 4.78 is 5.68. The van der Waals surface area contributed by atoms with Gasteiger partial charge in [-0.2, -0.15) is 0 Å². The van der Waals surface area contributed by atoms with Gasteiger partial charge in [0.1, 0.15) is 5.75 Å². The fourth-order valence-corrected chi connectivity index (χ4v) is 2.29. The molecule has 0 unspecified atom stereocenters. The number of carbonyl (C=O) groups is 1. The molecule has 0 aliphatic carbocycles. The van der Waals surface area contributed by atoms with E-state index in [0.717, 1.165) is 22.6 Å². The molecule has 0 radical (unpaired) electrons. The van der Waals surface area contributed by atoms with Gasteiger partial charge in [0.2, 0.25) is 0 Å². The molecular weight excluding hydrogens is 314 g/mol. The normalized spacial score (nSPS) is 11.6. The van der Waals surface area contributed by atoms with Crippen molar-refractivity contribution < 1.29 is 14.6 Å². The Morgan fingerprint density at radius 3 is 2.08 bits per heavy atom. The second kappa shape index (κ2) is 8.38. The highest BCUT2D eigenvalue weighted by molar-refractivity contribution is 5.73. The van der Waals surface area contributed by atoms with Crippen molar-refractivity contribution in [3.05, 3.63) is 59.7 Å². The molecule has 3 N–H and O–H groups in total. The van der Waals surface area contributed by atoms with E-state index < -0.39 is 11.4 Å². The summed E-state index contributed by atoms with van der Waals surface area (Å²) in [5.74, 6) is 0.0162. The molecular formula is C21H25NO3. The lowest BCUT2D eigenvalue weighted by atomic mass is 9.88. The molecule has 132 valence electrons. The van der Waals surface area contributed by atoms with Gasteiger partial charge in [-0.05, 0) is 62.1 Å². The van der Waals surface area contributed by atoms with Crippen LogP contribution in [0.2, 0.25) is 0 Å². The van der Waals surface area contributed by atoms with Crippen LogP contribution >= 0.6 is 0 Å². The molecule has 2 aromatic rings. The van der Waals surface area contributed by atoms with Crippen LogP contribution < -0.4 is 10.5 Å². The van der Waals surface area contributed by atoms with Gasteiger partial charge in [0.15, 0.2) is 0 Å². The molecule has 0 aliphatic rings. The highest BCUT2D eigenvalue weighted by Gasteiger charge is 2.26. The highest BCUT2D eigenvalue weighted by atomic mass is 16.5. The molecule has 0 aliphatic heterocycles. The van der Waals surface area contributed by atoms with Crippen molar-refractivity contribution >= 4 is 23.8 Å². The van der Waals surface area contributed by atoms with Crippen LogP contribution in [0.25, 0.3) is 12.2 Å². The lowest BCUT2D eigenvalue weighted by Gasteiger charge is -2.18. The molecule has 25 heavy (non-hydrogen) atoms. The van der Waals surface area contributed by atoms with E-state index in [9.17, 15) is 4.79 Å². The fourth-order valence-electron chi connectivity index (χ4n) is 2.29. The van der Waals surface area contributed by atoms with Crippen LogP contribution in [-0.4, -0.2) is 17.7 Å². The van der Waals surface area contributed by atoms with Gasteiger partial charge in [-0.3, -0.25) is 4.79 Å². The summed E-state index contributed by atoms with van der Waals surface area (Å²) in [5.41, 5.74) is 7.89. The van der Waals surface area contributed by atoms with Crippen molar-refractivity contribution in [2.24, 2.45) is 5.41 Å². The zero-order chi connectivity index (χ0) is 18.3. The zero-order valence-corrected chi connectivity index (χ0v) is 14.7. The van der Waals surface area contributed by atoms with Crippen molar-refractivity contribution in [3.63, 3.8) is 0 Å². The average Bonchev–Trinajstić information content (AvgIpc) is 2.59. The van der Waals surface area contributed by atoms with Gasteiger partial charge in [-0.15, -0.1) is 0 Å². The minimum absolute atomic E-state index is 0.511. The monoisotopic (exact) mass is 339 g/mol. The zero-order valence-electron chi connectivity index (χ0n) is 14.7. The number of hydrogen-bond acceptors (Lipinski definition) is 3. The molecule has 4 nitrogen and oxygen atoms in total. The quantitative estimate of drug-likeness (QED) is 0.415. The van der Waals surface area contributed by atoms with Crippen molar-refractivity contribution in [2.75, 3.05) is 12.3 Å². The van der Waals surface area contributed by atoms with Crippen LogP contribution in [0.5, 0.6) is 5.75 Å². The van der Waals surface area contributed by atoms with E-state index in [2.05, 4.69) is 0 Å². The second-order valence-corrected chi connectivity index (χ2v) is 6.71. The number of carboxylic acids is 1. The first kappa shape index (κ1) is 18.6. The van der Waals surface area contributed by atoms with Gasteiger partial charge in [0.25, 0.3) is 0 Å². The lowest BCUT2D eigenvalue weighted by molar-refractivity contribution is -0.147. The van der Waals surface area contributed by atoms with Crippen LogP contribution in [-0.2, 0) is 4.79 Å². The van der Waals surface area contributed by atoms with Gasteiger partial charge in [-0.1, -0.05) is 36.4 Å². The van der Waals surface area contributed by atoms with Crippen LogP contribution in [0.3, 0.4) is 0 Å². The molecule has 0 heterocycles. The van der Waals surface area contributed by atoms with Crippen LogP contribution in [0, 0.1) is 5.41 Å². The van der Waals surface area contributed by atoms with E-state index in [1.54, 1.807) is 13.8 Å². The smallest absolute Gasteiger partial charge is 0.309 e. The van der Waals surface area contributed by atoms with Gasteiger partial charge < -0.3 is 15.6 Å². The van der Waals surface area contributed by atoms with Gasteiger partial charge in [-0.25, -0.2) is 0 Å². The minimum atomic E-state index is -0.773. The minimum Gasteiger partial charge on any atom is -0.494 e. The molecule has 0 spiro atoms. The lowest BCUT2D eigenvalue weighted by Crippen LogP contribution is -2.24. The van der Waals surface area contributed by atoms with Crippen molar-refractivity contribution in [2.45, 2.75) is 26.7 Å². The number of anilines is 1. The number of carboxylic acid groups (broad SMARTS) is 1. The molecule has 0 amide bonds. The Morgan fingerprint density at radius 2 is 1.56 bits per heavy atom.